The number of halogens is 3. The summed E-state index contributed by atoms with van der Waals surface area (Å²) in [6.45, 7) is 0. The number of esters is 1. The Balaban J connectivity index is 3.02. The van der Waals surface area contributed by atoms with Crippen LogP contribution in [0.2, 0.25) is 10.0 Å². The number of hydrogen-bond acceptors (Lipinski definition) is 2. The van der Waals surface area contributed by atoms with Gasteiger partial charge in [-0.25, -0.2) is 4.39 Å². The van der Waals surface area contributed by atoms with E-state index in [4.69, 9.17) is 23.2 Å². The second-order valence-corrected chi connectivity index (χ2v) is 3.46. The third-order valence-electron chi connectivity index (χ3n) is 1.63. The Hall–Kier alpha value is -0.800. The third-order valence-corrected chi connectivity index (χ3v) is 2.12. The van der Waals surface area contributed by atoms with E-state index < -0.39 is 11.8 Å². The summed E-state index contributed by atoms with van der Waals surface area (Å²) in [5.74, 6) is -1.18. The molecule has 0 spiro atoms. The summed E-state index contributed by atoms with van der Waals surface area (Å²) < 4.78 is 17.7. The van der Waals surface area contributed by atoms with E-state index in [-0.39, 0.29) is 22.0 Å². The van der Waals surface area contributed by atoms with Gasteiger partial charge in [0.1, 0.15) is 5.82 Å². The Morgan fingerprint density at radius 2 is 2.14 bits per heavy atom. The summed E-state index contributed by atoms with van der Waals surface area (Å²) in [5, 5.41) is 0.187. The first-order chi connectivity index (χ1) is 6.54. The molecule has 0 N–H and O–H groups in total. The zero-order valence-electron chi connectivity index (χ0n) is 7.31. The molecule has 0 amide bonds. The van der Waals surface area contributed by atoms with Crippen LogP contribution in [0.5, 0.6) is 0 Å². The predicted molar refractivity (Wildman–Crippen MR) is 52.1 cm³/mol. The summed E-state index contributed by atoms with van der Waals surface area (Å²) in [5.41, 5.74) is 0.134. The lowest BCUT2D eigenvalue weighted by molar-refractivity contribution is -0.139. The molecule has 0 aliphatic carbocycles. The highest BCUT2D eigenvalue weighted by molar-refractivity contribution is 6.34. The first-order valence-electron chi connectivity index (χ1n) is 3.75. The number of rotatable bonds is 2. The molecule has 0 atom stereocenters. The van der Waals surface area contributed by atoms with Crippen LogP contribution < -0.4 is 0 Å². The lowest BCUT2D eigenvalue weighted by atomic mass is 10.1. The molecule has 0 bridgehead atoms. The maximum atomic E-state index is 13.3. The number of ether oxygens (including phenoxy) is 1. The molecule has 0 aliphatic heterocycles. The maximum absolute atomic E-state index is 13.3. The lowest BCUT2D eigenvalue weighted by Crippen LogP contribution is -2.06. The molecule has 1 rings (SSSR count). The minimum atomic E-state index is -0.638. The minimum absolute atomic E-state index is 0.101. The van der Waals surface area contributed by atoms with E-state index in [2.05, 4.69) is 4.74 Å². The van der Waals surface area contributed by atoms with Crippen molar-refractivity contribution < 1.29 is 13.9 Å². The summed E-state index contributed by atoms with van der Waals surface area (Å²) in [4.78, 5) is 10.9. The van der Waals surface area contributed by atoms with Gasteiger partial charge in [-0.3, -0.25) is 4.79 Å². The fraction of sp³-hybridized carbons (Fsp3) is 0.222. The van der Waals surface area contributed by atoms with Gasteiger partial charge in [0, 0.05) is 10.6 Å². The van der Waals surface area contributed by atoms with E-state index in [1.54, 1.807) is 0 Å². The van der Waals surface area contributed by atoms with Crippen LogP contribution in [0.1, 0.15) is 5.56 Å². The Kier molecular flexibility index (Phi) is 3.72. The first-order valence-corrected chi connectivity index (χ1v) is 4.50. The van der Waals surface area contributed by atoms with Gasteiger partial charge in [0.25, 0.3) is 0 Å². The van der Waals surface area contributed by atoms with Crippen LogP contribution in [0.15, 0.2) is 12.1 Å². The fourth-order valence-corrected chi connectivity index (χ4v) is 1.50. The molecule has 0 saturated carbocycles. The van der Waals surface area contributed by atoms with Crippen molar-refractivity contribution in [1.29, 1.82) is 0 Å². The van der Waals surface area contributed by atoms with Crippen molar-refractivity contribution in [2.75, 3.05) is 7.11 Å². The number of carbonyl (C=O) groups excluding carboxylic acids is 1. The molecule has 5 heteroatoms. The van der Waals surface area contributed by atoms with E-state index in [0.29, 0.717) is 0 Å². The van der Waals surface area contributed by atoms with Crippen LogP contribution in [0, 0.1) is 5.82 Å². The van der Waals surface area contributed by atoms with Crippen LogP contribution in [0.3, 0.4) is 0 Å². The normalized spacial score (nSPS) is 10.0. The molecule has 14 heavy (non-hydrogen) atoms. The summed E-state index contributed by atoms with van der Waals surface area (Å²) in [7, 11) is 1.23. The molecule has 1 aromatic rings. The average molecular weight is 237 g/mol. The zero-order chi connectivity index (χ0) is 10.7. The molecule has 0 aromatic heterocycles. The highest BCUT2D eigenvalue weighted by Gasteiger charge is 2.12. The average Bonchev–Trinajstić information content (AvgIpc) is 2.13. The summed E-state index contributed by atoms with van der Waals surface area (Å²) >= 11 is 11.2. The molecular formula is C9H7Cl2FO2. The van der Waals surface area contributed by atoms with Crippen LogP contribution in [-0.2, 0) is 16.0 Å². The number of methoxy groups -OCH3 is 1. The summed E-state index contributed by atoms with van der Waals surface area (Å²) in [6, 6.07) is 2.62. The van der Waals surface area contributed by atoms with Crippen molar-refractivity contribution in [1.82, 2.24) is 0 Å². The summed E-state index contributed by atoms with van der Waals surface area (Å²) in [6.07, 6.45) is -0.178. The highest BCUT2D eigenvalue weighted by Crippen LogP contribution is 2.24. The lowest BCUT2D eigenvalue weighted by Gasteiger charge is -2.04. The Morgan fingerprint density at radius 3 is 2.71 bits per heavy atom. The van der Waals surface area contributed by atoms with E-state index in [9.17, 15) is 9.18 Å². The quantitative estimate of drug-likeness (QED) is 0.583. The van der Waals surface area contributed by atoms with Crippen molar-refractivity contribution in [3.05, 3.63) is 33.6 Å². The SMILES string of the molecule is COC(=O)Cc1cc(Cl)cc(Cl)c1F. The topological polar surface area (TPSA) is 26.3 Å². The van der Waals surface area contributed by atoms with Gasteiger partial charge in [-0.1, -0.05) is 23.2 Å². The molecule has 0 aliphatic rings. The van der Waals surface area contributed by atoms with Crippen LogP contribution in [0.25, 0.3) is 0 Å². The largest absolute Gasteiger partial charge is 0.469 e. The second kappa shape index (κ2) is 4.62. The first kappa shape index (κ1) is 11.3. The molecule has 0 radical (unpaired) electrons. The molecule has 0 unspecified atom stereocenters. The van der Waals surface area contributed by atoms with Crippen molar-refractivity contribution in [3.63, 3.8) is 0 Å². The number of benzene rings is 1. The molecule has 0 fully saturated rings. The highest BCUT2D eigenvalue weighted by atomic mass is 35.5. The Bertz CT molecular complexity index is 366. The van der Waals surface area contributed by atoms with E-state index >= 15 is 0 Å². The molecule has 0 heterocycles. The monoisotopic (exact) mass is 236 g/mol. The van der Waals surface area contributed by atoms with Gasteiger partial charge >= 0.3 is 5.97 Å². The molecule has 0 saturated heterocycles. The molecule has 76 valence electrons. The minimum Gasteiger partial charge on any atom is -0.469 e. The fourth-order valence-electron chi connectivity index (χ4n) is 0.966. The Morgan fingerprint density at radius 1 is 1.50 bits per heavy atom. The van der Waals surface area contributed by atoms with Gasteiger partial charge in [0.05, 0.1) is 18.6 Å². The maximum Gasteiger partial charge on any atom is 0.310 e. The van der Waals surface area contributed by atoms with Gasteiger partial charge in [-0.05, 0) is 12.1 Å². The predicted octanol–water partition coefficient (Wildman–Crippen LogP) is 2.85. The van der Waals surface area contributed by atoms with Gasteiger partial charge < -0.3 is 4.74 Å². The molecule has 1 aromatic carbocycles. The Labute approximate surface area is 90.6 Å². The number of hydrogen-bond donors (Lipinski definition) is 0. The van der Waals surface area contributed by atoms with Crippen molar-refractivity contribution in [3.8, 4) is 0 Å². The number of carbonyl (C=O) groups is 1. The van der Waals surface area contributed by atoms with Crippen LogP contribution in [0.4, 0.5) is 4.39 Å². The smallest absolute Gasteiger partial charge is 0.310 e. The third kappa shape index (κ3) is 2.59. The van der Waals surface area contributed by atoms with Gasteiger partial charge in [-0.15, -0.1) is 0 Å². The van der Waals surface area contributed by atoms with Crippen LogP contribution >= 0.6 is 23.2 Å². The van der Waals surface area contributed by atoms with Crippen molar-refractivity contribution in [2.45, 2.75) is 6.42 Å². The molecular weight excluding hydrogens is 230 g/mol. The van der Waals surface area contributed by atoms with Crippen molar-refractivity contribution in [2.24, 2.45) is 0 Å². The van der Waals surface area contributed by atoms with E-state index in [1.807, 2.05) is 0 Å². The zero-order valence-corrected chi connectivity index (χ0v) is 8.82. The molecule has 2 nitrogen and oxygen atoms in total. The second-order valence-electron chi connectivity index (χ2n) is 2.61. The van der Waals surface area contributed by atoms with E-state index in [1.165, 1.54) is 19.2 Å². The van der Waals surface area contributed by atoms with Gasteiger partial charge in [0.2, 0.25) is 0 Å². The van der Waals surface area contributed by atoms with E-state index in [0.717, 1.165) is 0 Å². The van der Waals surface area contributed by atoms with Crippen molar-refractivity contribution >= 4 is 29.2 Å². The van der Waals surface area contributed by atoms with Gasteiger partial charge in [0.15, 0.2) is 0 Å². The van der Waals surface area contributed by atoms with Gasteiger partial charge in [-0.2, -0.15) is 0 Å². The van der Waals surface area contributed by atoms with Crippen LogP contribution in [-0.4, -0.2) is 13.1 Å². The standard InChI is InChI=1S/C9H7Cl2FO2/c1-14-8(13)3-5-2-6(10)4-7(11)9(5)12/h2,4H,3H2,1H3.